The number of likely N-dealkylation sites (tertiary alicyclic amines) is 1. The molecule has 0 saturated carbocycles. The van der Waals surface area contributed by atoms with Crippen LogP contribution in [-0.2, 0) is 6.54 Å². The van der Waals surface area contributed by atoms with Gasteiger partial charge in [-0.05, 0) is 36.3 Å². The van der Waals surface area contributed by atoms with E-state index in [0.29, 0.717) is 11.8 Å². The van der Waals surface area contributed by atoms with Crippen LogP contribution in [0.1, 0.15) is 42.1 Å². The van der Waals surface area contributed by atoms with E-state index in [1.807, 2.05) is 40.9 Å². The molecule has 1 aliphatic heterocycles. The Kier molecular flexibility index (Phi) is 8.15. The summed E-state index contributed by atoms with van der Waals surface area (Å²) in [6.45, 7) is 4.48. The molecule has 0 aliphatic carbocycles. The number of hydrogen-bond donors (Lipinski definition) is 1. The van der Waals surface area contributed by atoms with E-state index in [1.165, 1.54) is 12.8 Å². The predicted octanol–water partition coefficient (Wildman–Crippen LogP) is 3.31. The lowest BCUT2D eigenvalue weighted by atomic mass is 10.1. The molecule has 1 amide bonds. The third-order valence-corrected chi connectivity index (χ3v) is 4.94. The van der Waals surface area contributed by atoms with Crippen molar-refractivity contribution in [2.45, 2.75) is 38.0 Å². The van der Waals surface area contributed by atoms with E-state index >= 15 is 0 Å². The summed E-state index contributed by atoms with van der Waals surface area (Å²) < 4.78 is 0. The first-order valence-corrected chi connectivity index (χ1v) is 8.49. The maximum atomic E-state index is 12.6. The van der Waals surface area contributed by atoms with Crippen LogP contribution in [0.5, 0.6) is 0 Å². The summed E-state index contributed by atoms with van der Waals surface area (Å²) in [5.41, 5.74) is 7.44. The van der Waals surface area contributed by atoms with Crippen molar-refractivity contribution >= 4 is 30.1 Å². The van der Waals surface area contributed by atoms with Crippen LogP contribution in [0.25, 0.3) is 0 Å². The number of halogens is 1. The van der Waals surface area contributed by atoms with Crippen molar-refractivity contribution in [3.05, 3.63) is 35.4 Å². The monoisotopic (exact) mass is 328 g/mol. The molecule has 1 fully saturated rings. The molecule has 118 valence electrons. The van der Waals surface area contributed by atoms with E-state index in [1.54, 1.807) is 0 Å². The molecule has 0 radical (unpaired) electrons. The second-order valence-corrected chi connectivity index (χ2v) is 6.80. The quantitative estimate of drug-likeness (QED) is 0.922. The van der Waals surface area contributed by atoms with Crippen molar-refractivity contribution in [3.63, 3.8) is 0 Å². The molecular weight excluding hydrogens is 304 g/mol. The molecule has 1 saturated heterocycles. The van der Waals surface area contributed by atoms with Gasteiger partial charge in [-0.25, -0.2) is 0 Å². The van der Waals surface area contributed by atoms with E-state index in [0.717, 1.165) is 36.4 Å². The molecule has 1 unspecified atom stereocenters. The number of nitrogens with zero attached hydrogens (tertiary/aromatic N) is 1. The molecule has 0 aromatic heterocycles. The minimum atomic E-state index is 0. The number of hydrogen-bond acceptors (Lipinski definition) is 3. The van der Waals surface area contributed by atoms with Gasteiger partial charge >= 0.3 is 0 Å². The first kappa shape index (κ1) is 18.3. The summed E-state index contributed by atoms with van der Waals surface area (Å²) in [5, 5.41) is 0.592. The molecule has 1 atom stereocenters. The fraction of sp³-hybridized carbons (Fsp3) is 0.562. The van der Waals surface area contributed by atoms with Gasteiger partial charge in [-0.2, -0.15) is 11.8 Å². The average molecular weight is 329 g/mol. The van der Waals surface area contributed by atoms with Crippen LogP contribution in [0.4, 0.5) is 0 Å². The first-order valence-electron chi connectivity index (χ1n) is 7.44. The maximum Gasteiger partial charge on any atom is 0.253 e. The van der Waals surface area contributed by atoms with E-state index in [-0.39, 0.29) is 18.3 Å². The van der Waals surface area contributed by atoms with Gasteiger partial charge in [0.15, 0.2) is 0 Å². The molecule has 0 spiro atoms. The van der Waals surface area contributed by atoms with Crippen molar-refractivity contribution in [1.29, 1.82) is 0 Å². The number of thioether (sulfide) groups is 1. The second-order valence-electron chi connectivity index (χ2n) is 5.23. The highest BCUT2D eigenvalue weighted by Crippen LogP contribution is 2.23. The van der Waals surface area contributed by atoms with Gasteiger partial charge in [-0.3, -0.25) is 4.79 Å². The Hall–Kier alpha value is -0.710. The largest absolute Gasteiger partial charge is 0.338 e. The Morgan fingerprint density at radius 1 is 1.33 bits per heavy atom. The number of nitrogens with two attached hydrogens (primary N) is 1. The highest BCUT2D eigenvalue weighted by atomic mass is 35.5. The summed E-state index contributed by atoms with van der Waals surface area (Å²) in [6, 6.07) is 7.70. The van der Waals surface area contributed by atoms with E-state index < -0.39 is 0 Å². The molecule has 21 heavy (non-hydrogen) atoms. The summed E-state index contributed by atoms with van der Waals surface area (Å²) in [4.78, 5) is 14.6. The molecule has 3 nitrogen and oxygen atoms in total. The number of rotatable bonds is 4. The number of benzene rings is 1. The Morgan fingerprint density at radius 2 is 2.05 bits per heavy atom. The highest BCUT2D eigenvalue weighted by Gasteiger charge is 2.22. The highest BCUT2D eigenvalue weighted by molar-refractivity contribution is 7.99. The van der Waals surface area contributed by atoms with Crippen molar-refractivity contribution in [3.8, 4) is 0 Å². The summed E-state index contributed by atoms with van der Waals surface area (Å²) in [5.74, 6) is 1.29. The van der Waals surface area contributed by atoms with Gasteiger partial charge in [0.2, 0.25) is 0 Å². The molecule has 0 bridgehead atoms. The lowest BCUT2D eigenvalue weighted by molar-refractivity contribution is 0.0763. The standard InChI is InChI=1S/C16H24N2OS.ClH/c1-2-20-15-5-3-4-10-18(12-15)16(19)14-8-6-13(11-17)7-9-14;/h6-9,15H,2-5,10-12,17H2,1H3;1H. The Labute approximate surface area is 138 Å². The third-order valence-electron chi connectivity index (χ3n) is 3.75. The van der Waals surface area contributed by atoms with Gasteiger partial charge in [0.25, 0.3) is 5.91 Å². The van der Waals surface area contributed by atoms with Gasteiger partial charge in [0.1, 0.15) is 0 Å². The predicted molar refractivity (Wildman–Crippen MR) is 93.3 cm³/mol. The van der Waals surface area contributed by atoms with Crippen molar-refractivity contribution < 1.29 is 4.79 Å². The van der Waals surface area contributed by atoms with Crippen LogP contribution in [-0.4, -0.2) is 34.9 Å². The third kappa shape index (κ3) is 5.20. The average Bonchev–Trinajstić information content (AvgIpc) is 2.73. The van der Waals surface area contributed by atoms with Crippen molar-refractivity contribution in [1.82, 2.24) is 4.90 Å². The number of carbonyl (C=O) groups excluding carboxylic acids is 1. The molecule has 1 aliphatic rings. The van der Waals surface area contributed by atoms with E-state index in [9.17, 15) is 4.79 Å². The Bertz CT molecular complexity index is 438. The SMILES string of the molecule is CCSC1CCCCN(C(=O)c2ccc(CN)cc2)C1.Cl. The summed E-state index contributed by atoms with van der Waals surface area (Å²) in [6.07, 6.45) is 3.58. The second kappa shape index (κ2) is 9.34. The molecule has 1 aromatic rings. The van der Waals surface area contributed by atoms with Crippen LogP contribution >= 0.6 is 24.2 Å². The zero-order valence-corrected chi connectivity index (χ0v) is 14.2. The van der Waals surface area contributed by atoms with Gasteiger partial charge in [0, 0.05) is 30.4 Å². The van der Waals surface area contributed by atoms with Crippen LogP contribution in [0.3, 0.4) is 0 Å². The summed E-state index contributed by atoms with van der Waals surface area (Å²) >= 11 is 1.98. The van der Waals surface area contributed by atoms with Gasteiger partial charge in [-0.1, -0.05) is 25.5 Å². The molecule has 1 aromatic carbocycles. The summed E-state index contributed by atoms with van der Waals surface area (Å²) in [7, 11) is 0. The Balaban J connectivity index is 0.00000220. The van der Waals surface area contributed by atoms with Crippen LogP contribution in [0.2, 0.25) is 0 Å². The molecular formula is C16H25ClN2OS. The smallest absolute Gasteiger partial charge is 0.253 e. The van der Waals surface area contributed by atoms with Crippen molar-refractivity contribution in [2.75, 3.05) is 18.8 Å². The fourth-order valence-electron chi connectivity index (χ4n) is 2.63. The Morgan fingerprint density at radius 3 is 2.67 bits per heavy atom. The topological polar surface area (TPSA) is 46.3 Å². The molecule has 1 heterocycles. The zero-order chi connectivity index (χ0) is 14.4. The van der Waals surface area contributed by atoms with Crippen LogP contribution in [0, 0.1) is 0 Å². The van der Waals surface area contributed by atoms with Gasteiger partial charge in [-0.15, -0.1) is 12.4 Å². The lowest BCUT2D eigenvalue weighted by Crippen LogP contribution is -2.35. The molecule has 2 N–H and O–H groups in total. The molecule has 2 rings (SSSR count). The van der Waals surface area contributed by atoms with Crippen LogP contribution in [0.15, 0.2) is 24.3 Å². The minimum absolute atomic E-state index is 0. The van der Waals surface area contributed by atoms with Gasteiger partial charge in [0.05, 0.1) is 0 Å². The lowest BCUT2D eigenvalue weighted by Gasteiger charge is -2.24. The maximum absolute atomic E-state index is 12.6. The van der Waals surface area contributed by atoms with E-state index in [2.05, 4.69) is 6.92 Å². The normalized spacial score (nSPS) is 18.8. The number of carbonyl (C=O) groups is 1. The molecule has 5 heteroatoms. The number of amides is 1. The first-order chi connectivity index (χ1) is 9.74. The van der Waals surface area contributed by atoms with Crippen LogP contribution < -0.4 is 5.73 Å². The zero-order valence-electron chi connectivity index (χ0n) is 12.6. The van der Waals surface area contributed by atoms with Crippen molar-refractivity contribution in [2.24, 2.45) is 5.73 Å². The van der Waals surface area contributed by atoms with Gasteiger partial charge < -0.3 is 10.6 Å². The fourth-order valence-corrected chi connectivity index (χ4v) is 3.72. The van der Waals surface area contributed by atoms with E-state index in [4.69, 9.17) is 5.73 Å². The minimum Gasteiger partial charge on any atom is -0.338 e.